The molecule has 0 amide bonds. The Hall–Kier alpha value is -3.02. The number of carboxylic acid groups (broad SMARTS) is 2. The van der Waals surface area contributed by atoms with Crippen molar-refractivity contribution >= 4 is 11.9 Å². The van der Waals surface area contributed by atoms with E-state index in [1.54, 1.807) is 0 Å². The molecule has 2 aromatic carbocycles. The Kier molecular flexibility index (Phi) is 3.56. The number of phenolic OH excluding ortho intramolecular Hbond substituents is 1. The van der Waals surface area contributed by atoms with E-state index in [0.717, 1.165) is 6.07 Å². The van der Waals surface area contributed by atoms with Crippen molar-refractivity contribution in [1.82, 2.24) is 0 Å². The van der Waals surface area contributed by atoms with Crippen molar-refractivity contribution in [3.8, 4) is 17.2 Å². The summed E-state index contributed by atoms with van der Waals surface area (Å²) < 4.78 is 5.37. The molecule has 0 bridgehead atoms. The standard InChI is InChI=1S/C14H10O6/c15-10-5-9(14(18)19)6-12(7-10)20-11-3-1-8(2-4-11)13(16)17/h1-7,15H,(H,16,17)(H,18,19). The van der Waals surface area contributed by atoms with E-state index in [2.05, 4.69) is 0 Å². The van der Waals surface area contributed by atoms with Crippen LogP contribution in [0.15, 0.2) is 42.5 Å². The van der Waals surface area contributed by atoms with Crippen molar-refractivity contribution in [2.45, 2.75) is 0 Å². The van der Waals surface area contributed by atoms with Gasteiger partial charge in [0.05, 0.1) is 11.1 Å². The van der Waals surface area contributed by atoms with Gasteiger partial charge in [0.25, 0.3) is 0 Å². The van der Waals surface area contributed by atoms with Crippen molar-refractivity contribution in [3.05, 3.63) is 53.6 Å². The number of benzene rings is 2. The molecule has 0 heterocycles. The third kappa shape index (κ3) is 3.05. The largest absolute Gasteiger partial charge is 0.508 e. The normalized spacial score (nSPS) is 10.0. The van der Waals surface area contributed by atoms with Crippen LogP contribution in [-0.4, -0.2) is 27.3 Å². The highest BCUT2D eigenvalue weighted by Crippen LogP contribution is 2.27. The van der Waals surface area contributed by atoms with Gasteiger partial charge in [-0.05, 0) is 36.4 Å². The van der Waals surface area contributed by atoms with Crippen LogP contribution < -0.4 is 4.74 Å². The van der Waals surface area contributed by atoms with Gasteiger partial charge in [-0.2, -0.15) is 0 Å². The van der Waals surface area contributed by atoms with Crippen LogP contribution in [0.5, 0.6) is 17.2 Å². The zero-order valence-electron chi connectivity index (χ0n) is 10.1. The van der Waals surface area contributed by atoms with Crippen LogP contribution >= 0.6 is 0 Å². The fraction of sp³-hybridized carbons (Fsp3) is 0. The van der Waals surface area contributed by atoms with Crippen LogP contribution in [0.25, 0.3) is 0 Å². The van der Waals surface area contributed by atoms with E-state index in [1.807, 2.05) is 0 Å². The molecule has 2 rings (SSSR count). The first-order chi connectivity index (χ1) is 9.45. The van der Waals surface area contributed by atoms with Gasteiger partial charge in [-0.1, -0.05) is 0 Å². The second kappa shape index (κ2) is 5.31. The Labute approximate surface area is 113 Å². The maximum absolute atomic E-state index is 10.8. The molecule has 2 aromatic rings. The van der Waals surface area contributed by atoms with Crippen molar-refractivity contribution in [2.75, 3.05) is 0 Å². The molecule has 102 valence electrons. The van der Waals surface area contributed by atoms with E-state index in [0.29, 0.717) is 5.75 Å². The molecule has 0 unspecified atom stereocenters. The lowest BCUT2D eigenvalue weighted by Crippen LogP contribution is -1.97. The monoisotopic (exact) mass is 274 g/mol. The number of phenols is 1. The first kappa shape index (κ1) is 13.4. The quantitative estimate of drug-likeness (QED) is 0.791. The summed E-state index contributed by atoms with van der Waals surface area (Å²) in [6, 6.07) is 9.21. The summed E-state index contributed by atoms with van der Waals surface area (Å²) in [7, 11) is 0. The Balaban J connectivity index is 2.25. The van der Waals surface area contributed by atoms with Gasteiger partial charge in [0.15, 0.2) is 0 Å². The minimum Gasteiger partial charge on any atom is -0.508 e. The van der Waals surface area contributed by atoms with E-state index in [9.17, 15) is 14.7 Å². The minimum atomic E-state index is -1.19. The maximum Gasteiger partial charge on any atom is 0.335 e. The van der Waals surface area contributed by atoms with Gasteiger partial charge in [0, 0.05) is 6.07 Å². The first-order valence-corrected chi connectivity index (χ1v) is 5.54. The summed E-state index contributed by atoms with van der Waals surface area (Å²) in [5.41, 5.74) is 0.00152. The molecule has 0 spiro atoms. The number of aromatic carboxylic acids is 2. The van der Waals surface area contributed by atoms with E-state index >= 15 is 0 Å². The SMILES string of the molecule is O=C(O)c1ccc(Oc2cc(O)cc(C(=O)O)c2)cc1. The highest BCUT2D eigenvalue weighted by molar-refractivity contribution is 5.89. The predicted octanol–water partition coefficient (Wildman–Crippen LogP) is 2.58. The number of aromatic hydroxyl groups is 1. The summed E-state index contributed by atoms with van der Waals surface area (Å²) in [5, 5.41) is 27.0. The third-order valence-electron chi connectivity index (χ3n) is 2.48. The second-order valence-electron chi connectivity index (χ2n) is 3.95. The Morgan fingerprint density at radius 3 is 1.95 bits per heavy atom. The van der Waals surface area contributed by atoms with Crippen molar-refractivity contribution < 1.29 is 29.6 Å². The number of carboxylic acids is 2. The summed E-state index contributed by atoms with van der Waals surface area (Å²) in [6.45, 7) is 0. The highest BCUT2D eigenvalue weighted by atomic mass is 16.5. The van der Waals surface area contributed by atoms with Gasteiger partial charge in [0.1, 0.15) is 17.2 Å². The average molecular weight is 274 g/mol. The van der Waals surface area contributed by atoms with Gasteiger partial charge < -0.3 is 20.1 Å². The second-order valence-corrected chi connectivity index (χ2v) is 3.95. The third-order valence-corrected chi connectivity index (χ3v) is 2.48. The topological polar surface area (TPSA) is 104 Å². The van der Waals surface area contributed by atoms with Gasteiger partial charge in [0.2, 0.25) is 0 Å². The van der Waals surface area contributed by atoms with Gasteiger partial charge >= 0.3 is 11.9 Å². The summed E-state index contributed by atoms with van der Waals surface area (Å²) >= 11 is 0. The van der Waals surface area contributed by atoms with Crippen LogP contribution in [0.1, 0.15) is 20.7 Å². The van der Waals surface area contributed by atoms with Crippen molar-refractivity contribution in [2.24, 2.45) is 0 Å². The number of ether oxygens (including phenoxy) is 1. The van der Waals surface area contributed by atoms with E-state index in [-0.39, 0.29) is 22.6 Å². The molecule has 0 aliphatic carbocycles. The highest BCUT2D eigenvalue weighted by Gasteiger charge is 2.09. The van der Waals surface area contributed by atoms with E-state index < -0.39 is 11.9 Å². The molecule has 0 aliphatic heterocycles. The zero-order valence-corrected chi connectivity index (χ0v) is 10.1. The fourth-order valence-corrected chi connectivity index (χ4v) is 1.57. The number of carbonyl (C=O) groups is 2. The van der Waals surface area contributed by atoms with Crippen LogP contribution in [0.4, 0.5) is 0 Å². The van der Waals surface area contributed by atoms with E-state index in [4.69, 9.17) is 14.9 Å². The molecular weight excluding hydrogens is 264 g/mol. The molecule has 0 fully saturated rings. The smallest absolute Gasteiger partial charge is 0.335 e. The molecule has 0 saturated heterocycles. The zero-order chi connectivity index (χ0) is 14.7. The van der Waals surface area contributed by atoms with Crippen LogP contribution in [0.2, 0.25) is 0 Å². The Bertz CT molecular complexity index is 660. The lowest BCUT2D eigenvalue weighted by molar-refractivity contribution is 0.0685. The molecule has 0 aliphatic rings. The fourth-order valence-electron chi connectivity index (χ4n) is 1.57. The van der Waals surface area contributed by atoms with Crippen LogP contribution in [-0.2, 0) is 0 Å². The molecular formula is C14H10O6. The van der Waals surface area contributed by atoms with Crippen molar-refractivity contribution in [3.63, 3.8) is 0 Å². The van der Waals surface area contributed by atoms with Crippen LogP contribution in [0, 0.1) is 0 Å². The number of hydrogen-bond donors (Lipinski definition) is 3. The minimum absolute atomic E-state index is 0.109. The Morgan fingerprint density at radius 2 is 1.40 bits per heavy atom. The van der Waals surface area contributed by atoms with Crippen LogP contribution in [0.3, 0.4) is 0 Å². The first-order valence-electron chi connectivity index (χ1n) is 5.54. The molecule has 20 heavy (non-hydrogen) atoms. The number of hydrogen-bond acceptors (Lipinski definition) is 4. The number of rotatable bonds is 4. The maximum atomic E-state index is 10.8. The predicted molar refractivity (Wildman–Crippen MR) is 68.5 cm³/mol. The van der Waals surface area contributed by atoms with E-state index in [1.165, 1.54) is 36.4 Å². The lowest BCUT2D eigenvalue weighted by atomic mass is 10.2. The Morgan fingerprint density at radius 1 is 0.800 bits per heavy atom. The van der Waals surface area contributed by atoms with Gasteiger partial charge in [-0.3, -0.25) is 0 Å². The average Bonchev–Trinajstić information content (AvgIpc) is 2.38. The lowest BCUT2D eigenvalue weighted by Gasteiger charge is -2.07. The molecule has 6 heteroatoms. The molecule has 6 nitrogen and oxygen atoms in total. The summed E-state index contributed by atoms with van der Waals surface area (Å²) in [6.07, 6.45) is 0. The summed E-state index contributed by atoms with van der Waals surface area (Å²) in [5.74, 6) is -2.00. The summed E-state index contributed by atoms with van der Waals surface area (Å²) in [4.78, 5) is 21.5. The molecule has 0 aromatic heterocycles. The molecule has 0 atom stereocenters. The molecule has 3 N–H and O–H groups in total. The molecule has 0 radical (unpaired) electrons. The van der Waals surface area contributed by atoms with Gasteiger partial charge in [-0.15, -0.1) is 0 Å². The van der Waals surface area contributed by atoms with Crippen molar-refractivity contribution in [1.29, 1.82) is 0 Å². The van der Waals surface area contributed by atoms with Gasteiger partial charge in [-0.25, -0.2) is 9.59 Å². The molecule has 0 saturated carbocycles.